The first-order chi connectivity index (χ1) is 8.61. The van der Waals surface area contributed by atoms with Gasteiger partial charge in [-0.25, -0.2) is 0 Å². The lowest BCUT2D eigenvalue weighted by Crippen LogP contribution is -2.42. The van der Waals surface area contributed by atoms with Crippen molar-refractivity contribution in [3.05, 3.63) is 34.3 Å². The van der Waals surface area contributed by atoms with E-state index in [1.807, 2.05) is 30.0 Å². The molecule has 1 unspecified atom stereocenters. The van der Waals surface area contributed by atoms with E-state index in [4.69, 9.17) is 17.3 Å². The van der Waals surface area contributed by atoms with E-state index in [-0.39, 0.29) is 5.91 Å². The zero-order chi connectivity index (χ0) is 13.1. The molecular formula is C14H19ClN2O. The Bertz CT molecular complexity index is 447. The average Bonchev–Trinajstić information content (AvgIpc) is 2.38. The van der Waals surface area contributed by atoms with Crippen LogP contribution in [0.15, 0.2) is 18.2 Å². The van der Waals surface area contributed by atoms with Crippen LogP contribution in [0.25, 0.3) is 0 Å². The van der Waals surface area contributed by atoms with Gasteiger partial charge in [-0.1, -0.05) is 17.7 Å². The Morgan fingerprint density at radius 1 is 1.56 bits per heavy atom. The number of hydrogen-bond donors (Lipinski definition) is 1. The summed E-state index contributed by atoms with van der Waals surface area (Å²) in [6.07, 6.45) is 2.14. The fourth-order valence-corrected chi connectivity index (χ4v) is 2.72. The highest BCUT2D eigenvalue weighted by atomic mass is 35.5. The smallest absolute Gasteiger partial charge is 0.255 e. The second-order valence-corrected chi connectivity index (χ2v) is 5.39. The van der Waals surface area contributed by atoms with Crippen molar-refractivity contribution in [2.45, 2.75) is 19.8 Å². The minimum Gasteiger partial charge on any atom is -0.338 e. The second kappa shape index (κ2) is 5.72. The molecule has 0 bridgehead atoms. The summed E-state index contributed by atoms with van der Waals surface area (Å²) >= 11 is 6.14. The Balaban J connectivity index is 2.15. The molecule has 0 aliphatic carbocycles. The summed E-state index contributed by atoms with van der Waals surface area (Å²) in [6.45, 7) is 4.16. The van der Waals surface area contributed by atoms with Gasteiger partial charge >= 0.3 is 0 Å². The van der Waals surface area contributed by atoms with Crippen molar-refractivity contribution in [2.75, 3.05) is 19.6 Å². The number of rotatable bonds is 2. The molecule has 18 heavy (non-hydrogen) atoms. The molecule has 1 aliphatic heterocycles. The molecule has 2 rings (SSSR count). The van der Waals surface area contributed by atoms with E-state index in [0.29, 0.717) is 23.0 Å². The molecule has 98 valence electrons. The SMILES string of the molecule is Cc1ccc(C(=O)N2CCCC(CN)C2)c(Cl)c1. The van der Waals surface area contributed by atoms with Crippen LogP contribution in [0.2, 0.25) is 5.02 Å². The highest BCUT2D eigenvalue weighted by molar-refractivity contribution is 6.33. The maximum atomic E-state index is 12.4. The fraction of sp³-hybridized carbons (Fsp3) is 0.500. The minimum atomic E-state index is 0.0261. The van der Waals surface area contributed by atoms with Crippen molar-refractivity contribution in [2.24, 2.45) is 11.7 Å². The molecule has 0 radical (unpaired) electrons. The maximum absolute atomic E-state index is 12.4. The van der Waals surface area contributed by atoms with Crippen LogP contribution in [0.4, 0.5) is 0 Å². The van der Waals surface area contributed by atoms with Crippen LogP contribution in [-0.4, -0.2) is 30.4 Å². The van der Waals surface area contributed by atoms with Crippen LogP contribution < -0.4 is 5.73 Å². The number of nitrogens with zero attached hydrogens (tertiary/aromatic N) is 1. The van der Waals surface area contributed by atoms with Gasteiger partial charge in [-0.05, 0) is 49.9 Å². The summed E-state index contributed by atoms with van der Waals surface area (Å²) in [5, 5.41) is 0.537. The summed E-state index contributed by atoms with van der Waals surface area (Å²) < 4.78 is 0. The summed E-state index contributed by atoms with van der Waals surface area (Å²) in [7, 11) is 0. The largest absolute Gasteiger partial charge is 0.338 e. The summed E-state index contributed by atoms with van der Waals surface area (Å²) in [4.78, 5) is 14.3. The number of carbonyl (C=O) groups excluding carboxylic acids is 1. The zero-order valence-electron chi connectivity index (χ0n) is 10.7. The Kier molecular flexibility index (Phi) is 4.25. The van der Waals surface area contributed by atoms with E-state index in [2.05, 4.69) is 0 Å². The quantitative estimate of drug-likeness (QED) is 0.894. The maximum Gasteiger partial charge on any atom is 0.255 e. The summed E-state index contributed by atoms with van der Waals surface area (Å²) in [5.74, 6) is 0.449. The van der Waals surface area contributed by atoms with Crippen LogP contribution in [0.5, 0.6) is 0 Å². The van der Waals surface area contributed by atoms with Crippen LogP contribution in [0.1, 0.15) is 28.8 Å². The predicted molar refractivity (Wildman–Crippen MR) is 73.9 cm³/mol. The molecule has 1 aromatic carbocycles. The molecule has 1 amide bonds. The van der Waals surface area contributed by atoms with E-state index < -0.39 is 0 Å². The first-order valence-corrected chi connectivity index (χ1v) is 6.75. The third-order valence-corrected chi connectivity index (χ3v) is 3.81. The van der Waals surface area contributed by atoms with Crippen LogP contribution >= 0.6 is 11.6 Å². The third kappa shape index (κ3) is 2.85. The first kappa shape index (κ1) is 13.4. The lowest BCUT2D eigenvalue weighted by atomic mass is 9.97. The molecule has 2 N–H and O–H groups in total. The number of piperidine rings is 1. The van der Waals surface area contributed by atoms with Gasteiger partial charge in [0.25, 0.3) is 5.91 Å². The molecule has 0 aromatic heterocycles. The number of halogens is 1. The Labute approximate surface area is 113 Å². The van der Waals surface area contributed by atoms with Crippen molar-refractivity contribution < 1.29 is 4.79 Å². The normalized spacial score (nSPS) is 19.9. The molecular weight excluding hydrogens is 248 g/mol. The van der Waals surface area contributed by atoms with E-state index in [0.717, 1.165) is 31.5 Å². The van der Waals surface area contributed by atoms with Gasteiger partial charge in [0.2, 0.25) is 0 Å². The molecule has 4 heteroatoms. The Morgan fingerprint density at radius 3 is 3.00 bits per heavy atom. The van der Waals surface area contributed by atoms with Gasteiger partial charge in [0, 0.05) is 13.1 Å². The molecule has 1 fully saturated rings. The predicted octanol–water partition coefficient (Wildman–Crippen LogP) is 2.46. The molecule has 0 spiro atoms. The Morgan fingerprint density at radius 2 is 2.33 bits per heavy atom. The fourth-order valence-electron chi connectivity index (χ4n) is 2.41. The van der Waals surface area contributed by atoms with Crippen molar-refractivity contribution in [1.29, 1.82) is 0 Å². The van der Waals surface area contributed by atoms with E-state index in [1.54, 1.807) is 0 Å². The number of carbonyl (C=O) groups is 1. The summed E-state index contributed by atoms with van der Waals surface area (Å²) in [5.41, 5.74) is 7.35. The van der Waals surface area contributed by atoms with Crippen LogP contribution in [0.3, 0.4) is 0 Å². The molecule has 1 aromatic rings. The topological polar surface area (TPSA) is 46.3 Å². The van der Waals surface area contributed by atoms with Gasteiger partial charge < -0.3 is 10.6 Å². The van der Waals surface area contributed by atoms with Gasteiger partial charge in [0.1, 0.15) is 0 Å². The van der Waals surface area contributed by atoms with E-state index in [9.17, 15) is 4.79 Å². The average molecular weight is 267 g/mol. The summed E-state index contributed by atoms with van der Waals surface area (Å²) in [6, 6.07) is 5.56. The van der Waals surface area contributed by atoms with Crippen LogP contribution in [-0.2, 0) is 0 Å². The van der Waals surface area contributed by atoms with E-state index >= 15 is 0 Å². The van der Waals surface area contributed by atoms with Crippen molar-refractivity contribution in [1.82, 2.24) is 4.90 Å². The van der Waals surface area contributed by atoms with Crippen molar-refractivity contribution in [3.8, 4) is 0 Å². The van der Waals surface area contributed by atoms with Gasteiger partial charge in [-0.15, -0.1) is 0 Å². The number of nitrogens with two attached hydrogens (primary N) is 1. The van der Waals surface area contributed by atoms with Gasteiger partial charge in [0.15, 0.2) is 0 Å². The standard InChI is InChI=1S/C14H19ClN2O/c1-10-4-5-12(13(15)7-10)14(18)17-6-2-3-11(8-16)9-17/h4-5,7,11H,2-3,6,8-9,16H2,1H3. The molecule has 1 saturated heterocycles. The van der Waals surface area contributed by atoms with Crippen molar-refractivity contribution >= 4 is 17.5 Å². The lowest BCUT2D eigenvalue weighted by Gasteiger charge is -2.32. The number of benzene rings is 1. The molecule has 1 heterocycles. The molecule has 3 nitrogen and oxygen atoms in total. The number of likely N-dealkylation sites (tertiary alicyclic amines) is 1. The number of aryl methyl sites for hydroxylation is 1. The highest BCUT2D eigenvalue weighted by Gasteiger charge is 2.24. The monoisotopic (exact) mass is 266 g/mol. The van der Waals surface area contributed by atoms with Gasteiger partial charge in [0.05, 0.1) is 10.6 Å². The molecule has 1 aliphatic rings. The van der Waals surface area contributed by atoms with Crippen LogP contribution in [0, 0.1) is 12.8 Å². The Hall–Kier alpha value is -1.06. The first-order valence-electron chi connectivity index (χ1n) is 6.37. The number of amides is 1. The zero-order valence-corrected chi connectivity index (χ0v) is 11.4. The molecule has 0 saturated carbocycles. The van der Waals surface area contributed by atoms with Crippen molar-refractivity contribution in [3.63, 3.8) is 0 Å². The second-order valence-electron chi connectivity index (χ2n) is 4.98. The highest BCUT2D eigenvalue weighted by Crippen LogP contribution is 2.22. The van der Waals surface area contributed by atoms with Gasteiger partial charge in [-0.3, -0.25) is 4.79 Å². The number of hydrogen-bond acceptors (Lipinski definition) is 2. The van der Waals surface area contributed by atoms with Gasteiger partial charge in [-0.2, -0.15) is 0 Å². The third-order valence-electron chi connectivity index (χ3n) is 3.49. The van der Waals surface area contributed by atoms with E-state index in [1.165, 1.54) is 0 Å². The lowest BCUT2D eigenvalue weighted by molar-refractivity contribution is 0.0678. The minimum absolute atomic E-state index is 0.0261. The molecule has 1 atom stereocenters.